The van der Waals surface area contributed by atoms with Crippen LogP contribution in [0.25, 0.3) is 0 Å². The minimum absolute atomic E-state index is 0.225. The number of nitrogens with zero attached hydrogens (tertiary/aromatic N) is 3. The highest BCUT2D eigenvalue weighted by Gasteiger charge is 2.08. The molecule has 0 amide bonds. The molecule has 0 saturated heterocycles. The predicted octanol–water partition coefficient (Wildman–Crippen LogP) is 2.36. The van der Waals surface area contributed by atoms with Crippen molar-refractivity contribution in [1.29, 1.82) is 0 Å². The first-order valence-electron chi connectivity index (χ1n) is 5.32. The maximum Gasteiger partial charge on any atom is 0.221 e. The van der Waals surface area contributed by atoms with Gasteiger partial charge in [0.1, 0.15) is 11.6 Å². The molecule has 2 N–H and O–H groups in total. The second-order valence-electron chi connectivity index (χ2n) is 3.49. The maximum absolute atomic E-state index is 12.9. The van der Waals surface area contributed by atoms with E-state index in [0.717, 1.165) is 5.69 Å². The van der Waals surface area contributed by atoms with Gasteiger partial charge in [-0.25, -0.2) is 9.37 Å². The minimum atomic E-state index is -0.257. The highest BCUT2D eigenvalue weighted by molar-refractivity contribution is 5.60. The SMILES string of the molecule is CCN(c1ccc(F)cc1)c1ccnc(N)n1. The summed E-state index contributed by atoms with van der Waals surface area (Å²) in [5.74, 6) is 0.668. The van der Waals surface area contributed by atoms with Gasteiger partial charge in [-0.3, -0.25) is 0 Å². The fraction of sp³-hybridized carbons (Fsp3) is 0.167. The highest BCUT2D eigenvalue weighted by atomic mass is 19.1. The van der Waals surface area contributed by atoms with Crippen LogP contribution in [0, 0.1) is 5.82 Å². The van der Waals surface area contributed by atoms with Gasteiger partial charge in [-0.15, -0.1) is 0 Å². The summed E-state index contributed by atoms with van der Waals surface area (Å²) in [6.45, 7) is 2.70. The third kappa shape index (κ3) is 2.50. The molecule has 5 heteroatoms. The lowest BCUT2D eigenvalue weighted by atomic mass is 10.2. The molecule has 0 unspecified atom stereocenters. The Labute approximate surface area is 98.9 Å². The predicted molar refractivity (Wildman–Crippen MR) is 65.5 cm³/mol. The summed E-state index contributed by atoms with van der Waals surface area (Å²) in [6, 6.07) is 8.02. The summed E-state index contributed by atoms with van der Waals surface area (Å²) >= 11 is 0. The van der Waals surface area contributed by atoms with E-state index in [1.54, 1.807) is 24.4 Å². The molecule has 1 heterocycles. The van der Waals surface area contributed by atoms with Crippen LogP contribution < -0.4 is 10.6 Å². The van der Waals surface area contributed by atoms with Crippen LogP contribution in [0.2, 0.25) is 0 Å². The number of anilines is 3. The summed E-state index contributed by atoms with van der Waals surface area (Å²) in [5.41, 5.74) is 6.41. The molecule has 0 atom stereocenters. The molecular formula is C12H13FN4. The summed E-state index contributed by atoms with van der Waals surface area (Å²) < 4.78 is 12.9. The molecular weight excluding hydrogens is 219 g/mol. The lowest BCUT2D eigenvalue weighted by Gasteiger charge is -2.21. The lowest BCUT2D eigenvalue weighted by Crippen LogP contribution is -2.18. The summed E-state index contributed by atoms with van der Waals surface area (Å²) in [4.78, 5) is 9.91. The van der Waals surface area contributed by atoms with Crippen molar-refractivity contribution in [2.75, 3.05) is 17.2 Å². The fourth-order valence-electron chi connectivity index (χ4n) is 1.61. The van der Waals surface area contributed by atoms with Crippen molar-refractivity contribution in [3.8, 4) is 0 Å². The number of benzene rings is 1. The summed E-state index contributed by atoms with van der Waals surface area (Å²) in [6.07, 6.45) is 1.60. The Kier molecular flexibility index (Phi) is 3.18. The number of halogens is 1. The minimum Gasteiger partial charge on any atom is -0.368 e. The number of rotatable bonds is 3. The van der Waals surface area contributed by atoms with E-state index in [2.05, 4.69) is 9.97 Å². The third-order valence-corrected chi connectivity index (χ3v) is 2.39. The van der Waals surface area contributed by atoms with Crippen LogP contribution >= 0.6 is 0 Å². The Hall–Kier alpha value is -2.17. The van der Waals surface area contributed by atoms with Gasteiger partial charge >= 0.3 is 0 Å². The van der Waals surface area contributed by atoms with Crippen LogP contribution in [0.5, 0.6) is 0 Å². The molecule has 0 aliphatic rings. The molecule has 0 aliphatic heterocycles. The number of nitrogens with two attached hydrogens (primary N) is 1. The Morgan fingerprint density at radius 1 is 1.24 bits per heavy atom. The van der Waals surface area contributed by atoms with E-state index < -0.39 is 0 Å². The van der Waals surface area contributed by atoms with Gasteiger partial charge in [-0.1, -0.05) is 0 Å². The van der Waals surface area contributed by atoms with Crippen molar-refractivity contribution in [3.63, 3.8) is 0 Å². The van der Waals surface area contributed by atoms with Crippen LogP contribution in [0.3, 0.4) is 0 Å². The molecule has 0 spiro atoms. The van der Waals surface area contributed by atoms with Crippen LogP contribution in [0.1, 0.15) is 6.92 Å². The van der Waals surface area contributed by atoms with Gasteiger partial charge in [0.05, 0.1) is 0 Å². The molecule has 1 aromatic carbocycles. The van der Waals surface area contributed by atoms with E-state index in [0.29, 0.717) is 12.4 Å². The molecule has 0 aliphatic carbocycles. The zero-order valence-corrected chi connectivity index (χ0v) is 9.47. The highest BCUT2D eigenvalue weighted by Crippen LogP contribution is 2.23. The zero-order valence-electron chi connectivity index (χ0n) is 9.47. The van der Waals surface area contributed by atoms with Crippen molar-refractivity contribution >= 4 is 17.5 Å². The van der Waals surface area contributed by atoms with Gasteiger partial charge in [-0.2, -0.15) is 4.98 Å². The van der Waals surface area contributed by atoms with E-state index in [4.69, 9.17) is 5.73 Å². The maximum atomic E-state index is 12.9. The first-order valence-corrected chi connectivity index (χ1v) is 5.32. The van der Waals surface area contributed by atoms with Crippen LogP contribution in [-0.4, -0.2) is 16.5 Å². The van der Waals surface area contributed by atoms with E-state index in [9.17, 15) is 4.39 Å². The average Bonchev–Trinajstić information content (AvgIpc) is 2.33. The zero-order chi connectivity index (χ0) is 12.3. The molecule has 0 bridgehead atoms. The number of nitrogen functional groups attached to an aromatic ring is 1. The summed E-state index contributed by atoms with van der Waals surface area (Å²) in [7, 11) is 0. The molecule has 1 aromatic heterocycles. The molecule has 88 valence electrons. The quantitative estimate of drug-likeness (QED) is 0.882. The Morgan fingerprint density at radius 2 is 1.94 bits per heavy atom. The molecule has 2 rings (SSSR count). The van der Waals surface area contributed by atoms with Gasteiger partial charge in [-0.05, 0) is 37.3 Å². The molecule has 17 heavy (non-hydrogen) atoms. The first-order chi connectivity index (χ1) is 8.20. The van der Waals surface area contributed by atoms with Gasteiger partial charge in [0.2, 0.25) is 5.95 Å². The van der Waals surface area contributed by atoms with E-state index in [1.165, 1.54) is 12.1 Å². The largest absolute Gasteiger partial charge is 0.368 e. The smallest absolute Gasteiger partial charge is 0.221 e. The van der Waals surface area contributed by atoms with Crippen molar-refractivity contribution in [2.45, 2.75) is 6.92 Å². The van der Waals surface area contributed by atoms with Crippen LogP contribution in [-0.2, 0) is 0 Å². The van der Waals surface area contributed by atoms with Gasteiger partial charge in [0.15, 0.2) is 0 Å². The van der Waals surface area contributed by atoms with Gasteiger partial charge in [0, 0.05) is 18.4 Å². The lowest BCUT2D eigenvalue weighted by molar-refractivity contribution is 0.628. The van der Waals surface area contributed by atoms with Crippen LogP contribution in [0.15, 0.2) is 36.5 Å². The topological polar surface area (TPSA) is 55.0 Å². The van der Waals surface area contributed by atoms with Crippen molar-refractivity contribution < 1.29 is 4.39 Å². The molecule has 0 saturated carbocycles. The Bertz CT molecular complexity index is 498. The monoisotopic (exact) mass is 232 g/mol. The standard InChI is InChI=1S/C12H13FN4/c1-2-17(10-5-3-9(13)4-6-10)11-7-8-15-12(14)16-11/h3-8H,2H2,1H3,(H2,14,15,16). The van der Waals surface area contributed by atoms with Crippen LogP contribution in [0.4, 0.5) is 21.8 Å². The first kappa shape index (κ1) is 11.3. The van der Waals surface area contributed by atoms with E-state index in [1.807, 2.05) is 11.8 Å². The van der Waals surface area contributed by atoms with Gasteiger partial charge < -0.3 is 10.6 Å². The Morgan fingerprint density at radius 3 is 2.53 bits per heavy atom. The normalized spacial score (nSPS) is 10.2. The number of hydrogen-bond donors (Lipinski definition) is 1. The average molecular weight is 232 g/mol. The third-order valence-electron chi connectivity index (χ3n) is 2.39. The molecule has 0 radical (unpaired) electrons. The Balaban J connectivity index is 2.36. The van der Waals surface area contributed by atoms with Crippen molar-refractivity contribution in [3.05, 3.63) is 42.3 Å². The summed E-state index contributed by atoms with van der Waals surface area (Å²) in [5, 5.41) is 0. The van der Waals surface area contributed by atoms with Crippen molar-refractivity contribution in [1.82, 2.24) is 9.97 Å². The second-order valence-corrected chi connectivity index (χ2v) is 3.49. The van der Waals surface area contributed by atoms with E-state index in [-0.39, 0.29) is 11.8 Å². The van der Waals surface area contributed by atoms with E-state index >= 15 is 0 Å². The van der Waals surface area contributed by atoms with Gasteiger partial charge in [0.25, 0.3) is 0 Å². The van der Waals surface area contributed by atoms with Crippen molar-refractivity contribution in [2.24, 2.45) is 0 Å². The fourth-order valence-corrected chi connectivity index (χ4v) is 1.61. The molecule has 2 aromatic rings. The number of hydrogen-bond acceptors (Lipinski definition) is 4. The molecule has 0 fully saturated rings. The second kappa shape index (κ2) is 4.78. The number of aromatic nitrogens is 2. The molecule has 4 nitrogen and oxygen atoms in total.